The standard InChI is InChI=1S/C16H26Cl2N2/c1-4-5-6-9-20(12(2)3)16(11-19)14-10-13(17)7-8-15(14)18/h7-8,10,12,16H,4-6,9,11,19H2,1-3H3. The van der Waals surface area contributed by atoms with Crippen LogP contribution in [0, 0.1) is 0 Å². The lowest BCUT2D eigenvalue weighted by molar-refractivity contribution is 0.154. The molecule has 0 amide bonds. The number of nitrogens with two attached hydrogens (primary N) is 1. The van der Waals surface area contributed by atoms with Crippen LogP contribution < -0.4 is 5.73 Å². The zero-order chi connectivity index (χ0) is 15.1. The Morgan fingerprint density at radius 2 is 1.90 bits per heavy atom. The minimum absolute atomic E-state index is 0.123. The Morgan fingerprint density at radius 3 is 2.45 bits per heavy atom. The van der Waals surface area contributed by atoms with E-state index in [4.69, 9.17) is 28.9 Å². The smallest absolute Gasteiger partial charge is 0.0488 e. The van der Waals surface area contributed by atoms with Crippen molar-refractivity contribution >= 4 is 23.2 Å². The summed E-state index contributed by atoms with van der Waals surface area (Å²) < 4.78 is 0. The molecule has 0 aromatic heterocycles. The van der Waals surface area contributed by atoms with Gasteiger partial charge in [0.1, 0.15) is 0 Å². The van der Waals surface area contributed by atoms with Gasteiger partial charge in [0.2, 0.25) is 0 Å². The van der Waals surface area contributed by atoms with E-state index in [9.17, 15) is 0 Å². The van der Waals surface area contributed by atoms with E-state index in [0.29, 0.717) is 17.6 Å². The fourth-order valence-corrected chi connectivity index (χ4v) is 2.95. The van der Waals surface area contributed by atoms with Crippen LogP contribution >= 0.6 is 23.2 Å². The van der Waals surface area contributed by atoms with E-state index in [1.807, 2.05) is 18.2 Å². The summed E-state index contributed by atoms with van der Waals surface area (Å²) >= 11 is 12.4. The van der Waals surface area contributed by atoms with Crippen molar-refractivity contribution in [3.8, 4) is 0 Å². The first-order valence-electron chi connectivity index (χ1n) is 7.42. The summed E-state index contributed by atoms with van der Waals surface area (Å²) in [6.07, 6.45) is 3.64. The molecular weight excluding hydrogens is 291 g/mol. The fraction of sp³-hybridized carbons (Fsp3) is 0.625. The zero-order valence-electron chi connectivity index (χ0n) is 12.7. The van der Waals surface area contributed by atoms with Gasteiger partial charge in [0.15, 0.2) is 0 Å². The Morgan fingerprint density at radius 1 is 1.20 bits per heavy atom. The van der Waals surface area contributed by atoms with Crippen molar-refractivity contribution in [3.63, 3.8) is 0 Å². The Balaban J connectivity index is 2.97. The third kappa shape index (κ3) is 4.92. The molecule has 0 heterocycles. The van der Waals surface area contributed by atoms with Crippen LogP contribution in [0.15, 0.2) is 18.2 Å². The Hall–Kier alpha value is -0.280. The molecule has 2 N–H and O–H groups in total. The van der Waals surface area contributed by atoms with E-state index in [1.165, 1.54) is 19.3 Å². The molecule has 0 saturated carbocycles. The number of nitrogens with zero attached hydrogens (tertiary/aromatic N) is 1. The summed E-state index contributed by atoms with van der Waals surface area (Å²) in [7, 11) is 0. The first-order chi connectivity index (χ1) is 9.51. The highest BCUT2D eigenvalue weighted by molar-refractivity contribution is 6.33. The molecule has 0 bridgehead atoms. The molecule has 1 unspecified atom stereocenters. The van der Waals surface area contributed by atoms with E-state index in [-0.39, 0.29) is 6.04 Å². The maximum absolute atomic E-state index is 6.34. The van der Waals surface area contributed by atoms with Crippen LogP contribution in [0.3, 0.4) is 0 Å². The Labute approximate surface area is 133 Å². The van der Waals surface area contributed by atoms with Crippen LogP contribution in [0.4, 0.5) is 0 Å². The molecule has 2 nitrogen and oxygen atoms in total. The van der Waals surface area contributed by atoms with Gasteiger partial charge in [0, 0.05) is 28.7 Å². The number of hydrogen-bond donors (Lipinski definition) is 1. The van der Waals surface area contributed by atoms with Crippen molar-refractivity contribution in [1.82, 2.24) is 4.90 Å². The van der Waals surface area contributed by atoms with Gasteiger partial charge in [0.05, 0.1) is 0 Å². The molecule has 20 heavy (non-hydrogen) atoms. The lowest BCUT2D eigenvalue weighted by Gasteiger charge is -2.35. The maximum atomic E-state index is 6.34. The molecule has 1 aromatic rings. The Bertz CT molecular complexity index is 407. The molecular formula is C16H26Cl2N2. The molecule has 114 valence electrons. The van der Waals surface area contributed by atoms with Crippen LogP contribution in [-0.2, 0) is 0 Å². The van der Waals surface area contributed by atoms with Crippen molar-refractivity contribution < 1.29 is 0 Å². The lowest BCUT2D eigenvalue weighted by atomic mass is 10.0. The number of rotatable bonds is 8. The number of unbranched alkanes of at least 4 members (excludes halogenated alkanes) is 2. The molecule has 0 saturated heterocycles. The Kier molecular flexibility index (Phi) is 7.90. The molecule has 1 aromatic carbocycles. The summed E-state index contributed by atoms with van der Waals surface area (Å²) in [6, 6.07) is 6.16. The third-order valence-corrected chi connectivity index (χ3v) is 4.20. The highest BCUT2D eigenvalue weighted by Gasteiger charge is 2.23. The van der Waals surface area contributed by atoms with Crippen LogP contribution in [0.5, 0.6) is 0 Å². The predicted molar refractivity (Wildman–Crippen MR) is 89.6 cm³/mol. The SMILES string of the molecule is CCCCCN(C(C)C)C(CN)c1cc(Cl)ccc1Cl. The first kappa shape index (κ1) is 17.8. The summed E-state index contributed by atoms with van der Waals surface area (Å²) in [5.41, 5.74) is 7.06. The molecule has 1 rings (SSSR count). The van der Waals surface area contributed by atoms with Gasteiger partial charge in [-0.3, -0.25) is 4.90 Å². The van der Waals surface area contributed by atoms with Gasteiger partial charge < -0.3 is 5.73 Å². The maximum Gasteiger partial charge on any atom is 0.0488 e. The van der Waals surface area contributed by atoms with Crippen molar-refractivity contribution in [2.45, 2.75) is 52.1 Å². The lowest BCUT2D eigenvalue weighted by Crippen LogP contribution is -2.39. The van der Waals surface area contributed by atoms with Crippen molar-refractivity contribution in [3.05, 3.63) is 33.8 Å². The minimum atomic E-state index is 0.123. The average molecular weight is 317 g/mol. The second kappa shape index (κ2) is 8.89. The van der Waals surface area contributed by atoms with Gasteiger partial charge in [-0.1, -0.05) is 43.0 Å². The van der Waals surface area contributed by atoms with E-state index in [1.54, 1.807) is 0 Å². The van der Waals surface area contributed by atoms with Gasteiger partial charge >= 0.3 is 0 Å². The van der Waals surface area contributed by atoms with E-state index < -0.39 is 0 Å². The molecule has 0 fully saturated rings. The zero-order valence-corrected chi connectivity index (χ0v) is 14.2. The number of benzene rings is 1. The monoisotopic (exact) mass is 316 g/mol. The van der Waals surface area contributed by atoms with Crippen LogP contribution in [0.1, 0.15) is 51.6 Å². The molecule has 0 aliphatic rings. The second-order valence-corrected chi connectivity index (χ2v) is 6.30. The van der Waals surface area contributed by atoms with Gasteiger partial charge in [-0.2, -0.15) is 0 Å². The quantitative estimate of drug-likeness (QED) is 0.691. The van der Waals surface area contributed by atoms with Gasteiger partial charge in [-0.15, -0.1) is 0 Å². The normalized spacial score (nSPS) is 13.2. The molecule has 0 aliphatic carbocycles. The third-order valence-electron chi connectivity index (χ3n) is 3.62. The second-order valence-electron chi connectivity index (χ2n) is 5.46. The summed E-state index contributed by atoms with van der Waals surface area (Å²) in [5.74, 6) is 0. The summed E-state index contributed by atoms with van der Waals surface area (Å²) in [5, 5.41) is 1.45. The average Bonchev–Trinajstić information content (AvgIpc) is 2.41. The van der Waals surface area contributed by atoms with Gasteiger partial charge in [-0.25, -0.2) is 0 Å². The number of halogens is 2. The topological polar surface area (TPSA) is 29.3 Å². The molecule has 0 aliphatic heterocycles. The minimum Gasteiger partial charge on any atom is -0.329 e. The summed E-state index contributed by atoms with van der Waals surface area (Å²) in [4.78, 5) is 2.42. The van der Waals surface area contributed by atoms with Crippen molar-refractivity contribution in [2.24, 2.45) is 5.73 Å². The fourth-order valence-electron chi connectivity index (χ4n) is 2.53. The van der Waals surface area contributed by atoms with Crippen molar-refractivity contribution in [2.75, 3.05) is 13.1 Å². The van der Waals surface area contributed by atoms with E-state index in [0.717, 1.165) is 17.1 Å². The molecule has 0 spiro atoms. The van der Waals surface area contributed by atoms with Gasteiger partial charge in [0.25, 0.3) is 0 Å². The molecule has 0 radical (unpaired) electrons. The van der Waals surface area contributed by atoms with Crippen molar-refractivity contribution in [1.29, 1.82) is 0 Å². The van der Waals surface area contributed by atoms with Crippen LogP contribution in [0.25, 0.3) is 0 Å². The van der Waals surface area contributed by atoms with Crippen LogP contribution in [-0.4, -0.2) is 24.0 Å². The largest absolute Gasteiger partial charge is 0.329 e. The van der Waals surface area contributed by atoms with E-state index in [2.05, 4.69) is 25.7 Å². The number of hydrogen-bond acceptors (Lipinski definition) is 2. The van der Waals surface area contributed by atoms with E-state index >= 15 is 0 Å². The molecule has 4 heteroatoms. The first-order valence-corrected chi connectivity index (χ1v) is 8.17. The predicted octanol–water partition coefficient (Wildman–Crippen LogP) is 4.89. The molecule has 1 atom stereocenters. The highest BCUT2D eigenvalue weighted by Crippen LogP contribution is 2.31. The summed E-state index contributed by atoms with van der Waals surface area (Å²) in [6.45, 7) is 8.20. The van der Waals surface area contributed by atoms with Gasteiger partial charge in [-0.05, 0) is 50.6 Å². The highest BCUT2D eigenvalue weighted by atomic mass is 35.5. The van der Waals surface area contributed by atoms with Crippen LogP contribution in [0.2, 0.25) is 10.0 Å².